The van der Waals surface area contributed by atoms with Crippen LogP contribution in [0.5, 0.6) is 0 Å². The summed E-state index contributed by atoms with van der Waals surface area (Å²) in [5, 5.41) is 19.9. The van der Waals surface area contributed by atoms with Gasteiger partial charge in [-0.05, 0) is 60.5 Å². The monoisotopic (exact) mass is 473 g/mol. The molecule has 0 aliphatic carbocycles. The molecule has 0 atom stereocenters. The summed E-state index contributed by atoms with van der Waals surface area (Å²) >= 11 is 1.09. The number of carbonyl (C=O) groups excluding carboxylic acids is 1. The molecule has 166 valence electrons. The fourth-order valence-corrected chi connectivity index (χ4v) is 5.04. The first-order valence-corrected chi connectivity index (χ1v) is 12.3. The summed E-state index contributed by atoms with van der Waals surface area (Å²) in [6.45, 7) is 0.438. The van der Waals surface area contributed by atoms with Crippen LogP contribution in [0.15, 0.2) is 57.7 Å². The third kappa shape index (κ3) is 4.23. The van der Waals surface area contributed by atoms with Gasteiger partial charge in [-0.2, -0.15) is 0 Å². The maximum absolute atomic E-state index is 13.3. The van der Waals surface area contributed by atoms with Crippen LogP contribution < -0.4 is 4.90 Å². The van der Waals surface area contributed by atoms with Crippen molar-refractivity contribution in [2.24, 2.45) is 7.05 Å². The van der Waals surface area contributed by atoms with E-state index in [9.17, 15) is 23.3 Å². The van der Waals surface area contributed by atoms with Gasteiger partial charge < -0.3 is 9.47 Å². The van der Waals surface area contributed by atoms with Crippen molar-refractivity contribution in [2.45, 2.75) is 27.8 Å². The van der Waals surface area contributed by atoms with Gasteiger partial charge in [0.2, 0.25) is 0 Å². The number of hydrogen-bond donors (Lipinski definition) is 0. The first-order chi connectivity index (χ1) is 15.1. The Labute approximate surface area is 188 Å². The minimum absolute atomic E-state index is 0.180. The van der Waals surface area contributed by atoms with E-state index in [0.717, 1.165) is 23.6 Å². The average Bonchev–Trinajstić information content (AvgIpc) is 3.16. The molecular weight excluding hydrogens is 454 g/mol. The number of carbonyl (C=O) groups is 1. The van der Waals surface area contributed by atoms with Gasteiger partial charge in [0.15, 0.2) is 15.0 Å². The molecule has 1 amide bonds. The zero-order valence-corrected chi connectivity index (χ0v) is 18.9. The van der Waals surface area contributed by atoms with E-state index in [4.69, 9.17) is 0 Å². The largest absolute Gasteiger partial charge is 0.311 e. The Hall–Kier alpha value is -3.25. The zero-order valence-electron chi connectivity index (χ0n) is 17.3. The van der Waals surface area contributed by atoms with Gasteiger partial charge in [0.1, 0.15) is 6.33 Å². The van der Waals surface area contributed by atoms with Crippen molar-refractivity contribution in [1.82, 2.24) is 14.8 Å². The second-order valence-electron chi connectivity index (χ2n) is 7.39. The van der Waals surface area contributed by atoms with Crippen molar-refractivity contribution in [3.63, 3.8) is 0 Å². The highest BCUT2D eigenvalue weighted by atomic mass is 32.2. The quantitative estimate of drug-likeness (QED) is 0.409. The maximum Gasteiger partial charge on any atom is 0.284 e. The number of sulfone groups is 1. The highest BCUT2D eigenvalue weighted by Crippen LogP contribution is 2.36. The van der Waals surface area contributed by atoms with Crippen LogP contribution in [0.4, 0.5) is 11.4 Å². The van der Waals surface area contributed by atoms with Crippen LogP contribution in [0.3, 0.4) is 0 Å². The summed E-state index contributed by atoms with van der Waals surface area (Å²) in [6, 6.07) is 9.03. The number of amides is 1. The molecule has 0 saturated carbocycles. The number of fused-ring (bicyclic) bond motifs is 1. The number of aryl methyl sites for hydroxylation is 2. The summed E-state index contributed by atoms with van der Waals surface area (Å²) in [6.07, 6.45) is 3.94. The van der Waals surface area contributed by atoms with E-state index >= 15 is 0 Å². The number of aromatic nitrogens is 3. The molecule has 0 fully saturated rings. The molecule has 1 aromatic heterocycles. The molecule has 0 radical (unpaired) electrons. The fraction of sp³-hybridized carbons (Fsp3) is 0.250. The number of rotatable bonds is 5. The SMILES string of the molecule is Cn1cnnc1Sc1ccc(C(=O)N2CCCc3cc(S(C)(=O)=O)ccc32)cc1[N+](=O)[O-]. The summed E-state index contributed by atoms with van der Waals surface area (Å²) in [7, 11) is -1.63. The van der Waals surface area contributed by atoms with Crippen LogP contribution in [-0.2, 0) is 23.3 Å². The van der Waals surface area contributed by atoms with E-state index in [2.05, 4.69) is 10.2 Å². The summed E-state index contributed by atoms with van der Waals surface area (Å²) in [4.78, 5) is 26.5. The van der Waals surface area contributed by atoms with Crippen LogP contribution in [-0.4, -0.2) is 46.8 Å². The Balaban J connectivity index is 1.68. The van der Waals surface area contributed by atoms with E-state index in [1.54, 1.807) is 34.7 Å². The van der Waals surface area contributed by atoms with Crippen molar-refractivity contribution in [3.05, 3.63) is 64.0 Å². The van der Waals surface area contributed by atoms with Gasteiger partial charge in [-0.1, -0.05) is 0 Å². The predicted octanol–water partition coefficient (Wildman–Crippen LogP) is 2.87. The number of nitro benzene ring substituents is 1. The first-order valence-electron chi connectivity index (χ1n) is 9.60. The molecule has 4 rings (SSSR count). The second-order valence-corrected chi connectivity index (χ2v) is 10.4. The van der Waals surface area contributed by atoms with E-state index in [-0.39, 0.29) is 22.1 Å². The normalized spacial score (nSPS) is 13.6. The summed E-state index contributed by atoms with van der Waals surface area (Å²) < 4.78 is 25.4. The molecule has 3 aromatic rings. The predicted molar refractivity (Wildman–Crippen MR) is 118 cm³/mol. The molecule has 2 heterocycles. The Morgan fingerprint density at radius 1 is 1.22 bits per heavy atom. The van der Waals surface area contributed by atoms with Crippen molar-refractivity contribution in [2.75, 3.05) is 17.7 Å². The maximum atomic E-state index is 13.3. The second kappa shape index (κ2) is 8.36. The van der Waals surface area contributed by atoms with E-state index < -0.39 is 14.8 Å². The van der Waals surface area contributed by atoms with Crippen LogP contribution in [0.1, 0.15) is 22.3 Å². The minimum Gasteiger partial charge on any atom is -0.311 e. The number of anilines is 1. The molecule has 2 aromatic carbocycles. The molecular formula is C20H19N5O5S2. The lowest BCUT2D eigenvalue weighted by Crippen LogP contribution is -2.35. The zero-order chi connectivity index (χ0) is 23.0. The molecule has 10 nitrogen and oxygen atoms in total. The number of nitrogens with zero attached hydrogens (tertiary/aromatic N) is 5. The Bertz CT molecular complexity index is 1340. The van der Waals surface area contributed by atoms with Gasteiger partial charge in [0, 0.05) is 37.2 Å². The van der Waals surface area contributed by atoms with Crippen LogP contribution in [0, 0.1) is 10.1 Å². The Morgan fingerprint density at radius 2 is 2.00 bits per heavy atom. The molecule has 1 aliphatic heterocycles. The van der Waals surface area contributed by atoms with Crippen molar-refractivity contribution >= 4 is 38.9 Å². The Kier molecular flexibility index (Phi) is 5.73. The van der Waals surface area contributed by atoms with Gasteiger partial charge in [-0.15, -0.1) is 10.2 Å². The molecule has 0 bridgehead atoms. The lowest BCUT2D eigenvalue weighted by molar-refractivity contribution is -0.387. The third-order valence-electron chi connectivity index (χ3n) is 5.12. The van der Waals surface area contributed by atoms with Crippen LogP contribution in [0.25, 0.3) is 0 Å². The number of nitro groups is 1. The van der Waals surface area contributed by atoms with Crippen molar-refractivity contribution in [3.8, 4) is 0 Å². The number of hydrogen-bond acceptors (Lipinski definition) is 8. The van der Waals surface area contributed by atoms with Crippen molar-refractivity contribution < 1.29 is 18.1 Å². The van der Waals surface area contributed by atoms with Gasteiger partial charge in [0.25, 0.3) is 11.6 Å². The van der Waals surface area contributed by atoms with E-state index in [0.29, 0.717) is 35.1 Å². The van der Waals surface area contributed by atoms with E-state index in [1.165, 1.54) is 24.5 Å². The lowest BCUT2D eigenvalue weighted by atomic mass is 10.0. The Morgan fingerprint density at radius 3 is 2.66 bits per heavy atom. The van der Waals surface area contributed by atoms with Crippen LogP contribution >= 0.6 is 11.8 Å². The summed E-state index contributed by atoms with van der Waals surface area (Å²) in [5.74, 6) is -0.378. The first kappa shape index (κ1) is 22.0. The smallest absolute Gasteiger partial charge is 0.284 e. The third-order valence-corrected chi connectivity index (χ3v) is 7.34. The van der Waals surface area contributed by atoms with Gasteiger partial charge in [0.05, 0.1) is 14.7 Å². The molecule has 32 heavy (non-hydrogen) atoms. The molecule has 0 unspecified atom stereocenters. The van der Waals surface area contributed by atoms with Crippen molar-refractivity contribution in [1.29, 1.82) is 0 Å². The molecule has 1 aliphatic rings. The molecule has 0 spiro atoms. The van der Waals surface area contributed by atoms with E-state index in [1.807, 2.05) is 0 Å². The minimum atomic E-state index is -3.36. The molecule has 0 N–H and O–H groups in total. The highest BCUT2D eigenvalue weighted by Gasteiger charge is 2.27. The summed E-state index contributed by atoms with van der Waals surface area (Å²) in [5.41, 5.74) is 1.36. The van der Waals surface area contributed by atoms with Gasteiger partial charge in [-0.3, -0.25) is 14.9 Å². The average molecular weight is 474 g/mol. The standard InChI is InChI=1S/C20H19N5O5S2/c1-23-12-21-22-20(23)31-18-8-5-14(11-17(18)25(27)28)19(26)24-9-3-4-13-10-15(32(2,29)30)6-7-16(13)24/h5-8,10-12H,3-4,9H2,1-2H3. The van der Waals surface area contributed by atoms with Gasteiger partial charge in [-0.25, -0.2) is 8.42 Å². The highest BCUT2D eigenvalue weighted by molar-refractivity contribution is 7.99. The topological polar surface area (TPSA) is 128 Å². The van der Waals surface area contributed by atoms with Crippen LogP contribution in [0.2, 0.25) is 0 Å². The molecule has 0 saturated heterocycles. The number of benzene rings is 2. The van der Waals surface area contributed by atoms with Gasteiger partial charge >= 0.3 is 0 Å². The fourth-order valence-electron chi connectivity index (χ4n) is 3.51. The molecule has 12 heteroatoms. The lowest BCUT2D eigenvalue weighted by Gasteiger charge is -2.30.